The van der Waals surface area contributed by atoms with Gasteiger partial charge in [0.1, 0.15) is 13.2 Å². The first-order chi connectivity index (χ1) is 17.7. The standard InChI is InChI=1S/C31H31NO4/c1-34-30-18-25-14-15-32-27(26(25)19-31(30)36-21-23-10-6-3-7-11-23)16-24-12-13-29(28(33)17-24)35-20-22-8-4-2-5-9-22/h2-13,17-19,27,32-33H,14-16,20-21H2,1H3/t27-/m0/s1. The summed E-state index contributed by atoms with van der Waals surface area (Å²) in [7, 11) is 1.68. The van der Waals surface area contributed by atoms with E-state index in [2.05, 4.69) is 29.6 Å². The van der Waals surface area contributed by atoms with Gasteiger partial charge in [0.05, 0.1) is 7.11 Å². The van der Waals surface area contributed by atoms with Gasteiger partial charge in [-0.3, -0.25) is 0 Å². The van der Waals surface area contributed by atoms with E-state index in [9.17, 15) is 5.11 Å². The number of hydrogen-bond donors (Lipinski definition) is 2. The van der Waals surface area contributed by atoms with Crippen molar-refractivity contribution in [1.29, 1.82) is 0 Å². The number of methoxy groups -OCH3 is 1. The molecule has 0 radical (unpaired) electrons. The summed E-state index contributed by atoms with van der Waals surface area (Å²) >= 11 is 0. The molecule has 36 heavy (non-hydrogen) atoms. The van der Waals surface area contributed by atoms with Crippen LogP contribution in [0.2, 0.25) is 0 Å². The highest BCUT2D eigenvalue weighted by Gasteiger charge is 2.23. The first-order valence-electron chi connectivity index (χ1n) is 12.3. The first-order valence-corrected chi connectivity index (χ1v) is 12.3. The summed E-state index contributed by atoms with van der Waals surface area (Å²) in [4.78, 5) is 0. The van der Waals surface area contributed by atoms with Crippen LogP contribution < -0.4 is 19.5 Å². The lowest BCUT2D eigenvalue weighted by molar-refractivity contribution is 0.283. The van der Waals surface area contributed by atoms with E-state index in [4.69, 9.17) is 14.2 Å². The Morgan fingerprint density at radius 3 is 2.06 bits per heavy atom. The third kappa shape index (κ3) is 5.64. The van der Waals surface area contributed by atoms with Gasteiger partial charge in [-0.25, -0.2) is 0 Å². The molecule has 5 heteroatoms. The Kier molecular flexibility index (Phi) is 7.39. The molecule has 0 bridgehead atoms. The molecule has 0 amide bonds. The van der Waals surface area contributed by atoms with E-state index in [1.807, 2.05) is 60.7 Å². The Hall–Kier alpha value is -3.96. The number of fused-ring (bicyclic) bond motifs is 1. The van der Waals surface area contributed by atoms with Crippen molar-refractivity contribution < 1.29 is 19.3 Å². The zero-order chi connectivity index (χ0) is 24.7. The van der Waals surface area contributed by atoms with Crippen molar-refractivity contribution >= 4 is 0 Å². The van der Waals surface area contributed by atoms with E-state index in [-0.39, 0.29) is 11.8 Å². The van der Waals surface area contributed by atoms with Crippen LogP contribution in [-0.2, 0) is 26.1 Å². The summed E-state index contributed by atoms with van der Waals surface area (Å²) in [5.74, 6) is 2.13. The van der Waals surface area contributed by atoms with E-state index in [0.717, 1.165) is 47.6 Å². The van der Waals surface area contributed by atoms with Crippen LogP contribution in [0.4, 0.5) is 0 Å². The van der Waals surface area contributed by atoms with E-state index < -0.39 is 0 Å². The van der Waals surface area contributed by atoms with Crippen LogP contribution in [0.3, 0.4) is 0 Å². The van der Waals surface area contributed by atoms with Gasteiger partial charge < -0.3 is 24.6 Å². The Balaban J connectivity index is 1.31. The average molecular weight is 482 g/mol. The molecule has 0 spiro atoms. The van der Waals surface area contributed by atoms with Crippen molar-refractivity contribution in [2.24, 2.45) is 0 Å². The molecule has 1 aliphatic heterocycles. The van der Waals surface area contributed by atoms with E-state index in [0.29, 0.717) is 19.0 Å². The molecule has 4 aromatic carbocycles. The molecule has 0 unspecified atom stereocenters. The third-order valence-corrected chi connectivity index (χ3v) is 6.52. The molecule has 0 fully saturated rings. The normalized spacial score (nSPS) is 14.6. The second-order valence-corrected chi connectivity index (χ2v) is 9.01. The molecule has 4 aromatic rings. The van der Waals surface area contributed by atoms with E-state index >= 15 is 0 Å². The third-order valence-electron chi connectivity index (χ3n) is 6.52. The van der Waals surface area contributed by atoms with Crippen molar-refractivity contribution in [3.8, 4) is 23.0 Å². The van der Waals surface area contributed by atoms with Gasteiger partial charge in [0.25, 0.3) is 0 Å². The molecule has 2 N–H and O–H groups in total. The van der Waals surface area contributed by atoms with Gasteiger partial charge in [-0.15, -0.1) is 0 Å². The summed E-state index contributed by atoms with van der Waals surface area (Å²) in [6.45, 7) is 1.78. The zero-order valence-electron chi connectivity index (χ0n) is 20.4. The fourth-order valence-corrected chi connectivity index (χ4v) is 4.62. The van der Waals surface area contributed by atoms with E-state index in [1.165, 1.54) is 11.1 Å². The van der Waals surface area contributed by atoms with Gasteiger partial charge >= 0.3 is 0 Å². The van der Waals surface area contributed by atoms with Crippen molar-refractivity contribution in [1.82, 2.24) is 5.32 Å². The quantitative estimate of drug-likeness (QED) is 0.308. The number of hydrogen-bond acceptors (Lipinski definition) is 5. The minimum atomic E-state index is 0.106. The number of phenols is 1. The SMILES string of the molecule is COc1cc2c(cc1OCc1ccccc1)[C@H](Cc1ccc(OCc3ccccc3)c(O)c1)NCC2. The largest absolute Gasteiger partial charge is 0.504 e. The zero-order valence-corrected chi connectivity index (χ0v) is 20.4. The van der Waals surface area contributed by atoms with Gasteiger partial charge in [-0.2, -0.15) is 0 Å². The monoisotopic (exact) mass is 481 g/mol. The van der Waals surface area contributed by atoms with Crippen molar-refractivity contribution in [2.45, 2.75) is 32.1 Å². The summed E-state index contributed by atoms with van der Waals surface area (Å²) in [6.07, 6.45) is 1.67. The highest BCUT2D eigenvalue weighted by molar-refractivity contribution is 5.50. The highest BCUT2D eigenvalue weighted by Crippen LogP contribution is 2.37. The molecule has 1 atom stereocenters. The van der Waals surface area contributed by atoms with Crippen molar-refractivity contribution in [3.63, 3.8) is 0 Å². The molecule has 0 aromatic heterocycles. The molecular weight excluding hydrogens is 450 g/mol. The number of aromatic hydroxyl groups is 1. The summed E-state index contributed by atoms with van der Waals surface area (Å²) in [5.41, 5.74) is 5.66. The average Bonchev–Trinajstić information content (AvgIpc) is 2.92. The Bertz CT molecular complexity index is 1290. The van der Waals surface area contributed by atoms with Crippen LogP contribution in [0.25, 0.3) is 0 Å². The maximum absolute atomic E-state index is 10.6. The Morgan fingerprint density at radius 2 is 1.42 bits per heavy atom. The summed E-state index contributed by atoms with van der Waals surface area (Å²) in [5, 5.41) is 14.2. The number of phenolic OH excluding ortho intramolecular Hbond substituents is 1. The topological polar surface area (TPSA) is 60.0 Å². The van der Waals surface area contributed by atoms with Gasteiger partial charge in [0.15, 0.2) is 23.0 Å². The van der Waals surface area contributed by atoms with Gasteiger partial charge in [0, 0.05) is 6.04 Å². The molecule has 1 aliphatic rings. The second kappa shape index (κ2) is 11.2. The molecule has 5 rings (SSSR count). The summed E-state index contributed by atoms with van der Waals surface area (Å²) in [6, 6.07) is 30.0. The van der Waals surface area contributed by atoms with Crippen LogP contribution >= 0.6 is 0 Å². The molecule has 0 aliphatic carbocycles. The minimum absolute atomic E-state index is 0.106. The Morgan fingerprint density at radius 1 is 0.750 bits per heavy atom. The number of ether oxygens (including phenoxy) is 3. The number of rotatable bonds is 9. The lowest BCUT2D eigenvalue weighted by atomic mass is 9.89. The van der Waals surface area contributed by atoms with Gasteiger partial charge in [-0.05, 0) is 71.5 Å². The highest BCUT2D eigenvalue weighted by atomic mass is 16.5. The van der Waals surface area contributed by atoms with Crippen molar-refractivity contribution in [3.05, 3.63) is 119 Å². The molecule has 5 nitrogen and oxygen atoms in total. The first kappa shape index (κ1) is 23.8. The smallest absolute Gasteiger partial charge is 0.162 e. The fraction of sp³-hybridized carbons (Fsp3) is 0.226. The maximum Gasteiger partial charge on any atom is 0.162 e. The predicted molar refractivity (Wildman–Crippen MR) is 141 cm³/mol. The van der Waals surface area contributed by atoms with Crippen LogP contribution in [0.5, 0.6) is 23.0 Å². The molecule has 0 saturated heterocycles. The van der Waals surface area contributed by atoms with Crippen LogP contribution in [0, 0.1) is 0 Å². The fourth-order valence-electron chi connectivity index (χ4n) is 4.62. The molecular formula is C31H31NO4. The van der Waals surface area contributed by atoms with Crippen molar-refractivity contribution in [2.75, 3.05) is 13.7 Å². The van der Waals surface area contributed by atoms with Crippen LogP contribution in [0.1, 0.15) is 33.9 Å². The molecule has 0 saturated carbocycles. The maximum atomic E-state index is 10.6. The molecule has 184 valence electrons. The number of benzene rings is 4. The second-order valence-electron chi connectivity index (χ2n) is 9.01. The lowest BCUT2D eigenvalue weighted by Crippen LogP contribution is -2.31. The van der Waals surface area contributed by atoms with Crippen LogP contribution in [-0.4, -0.2) is 18.8 Å². The minimum Gasteiger partial charge on any atom is -0.504 e. The Labute approximate surface area is 212 Å². The number of nitrogens with one attached hydrogen (secondary N) is 1. The summed E-state index contributed by atoms with van der Waals surface area (Å²) < 4.78 is 17.6. The van der Waals surface area contributed by atoms with E-state index in [1.54, 1.807) is 13.2 Å². The van der Waals surface area contributed by atoms with Gasteiger partial charge in [-0.1, -0.05) is 66.7 Å². The predicted octanol–water partition coefficient (Wildman–Crippen LogP) is 5.99. The van der Waals surface area contributed by atoms with Gasteiger partial charge in [0.2, 0.25) is 0 Å². The molecule has 1 heterocycles. The van der Waals surface area contributed by atoms with Crippen LogP contribution in [0.15, 0.2) is 91.0 Å². The lowest BCUT2D eigenvalue weighted by Gasteiger charge is -2.28.